The highest BCUT2D eigenvalue weighted by Crippen LogP contribution is 2.30. The summed E-state index contributed by atoms with van der Waals surface area (Å²) in [5.41, 5.74) is 6.22. The summed E-state index contributed by atoms with van der Waals surface area (Å²) in [7, 11) is 1.41. The lowest BCUT2D eigenvalue weighted by molar-refractivity contribution is -0.181. The molecule has 0 radical (unpaired) electrons. The first-order valence-corrected chi connectivity index (χ1v) is 7.76. The number of carbonyl (C=O) groups is 1. The van der Waals surface area contributed by atoms with Crippen LogP contribution in [0.5, 0.6) is 5.75 Å². The fourth-order valence-electron chi connectivity index (χ4n) is 2.59. The summed E-state index contributed by atoms with van der Waals surface area (Å²) in [5, 5.41) is 0.225. The first-order chi connectivity index (χ1) is 11.1. The molecule has 1 aliphatic rings. The summed E-state index contributed by atoms with van der Waals surface area (Å²) in [6.07, 6.45) is -4.28. The van der Waals surface area contributed by atoms with Crippen LogP contribution in [0.1, 0.15) is 17.3 Å². The average Bonchev–Trinajstić information content (AvgIpc) is 2.55. The molecule has 134 valence electrons. The van der Waals surface area contributed by atoms with Crippen molar-refractivity contribution in [2.75, 3.05) is 39.0 Å². The van der Waals surface area contributed by atoms with Crippen LogP contribution in [0.2, 0.25) is 5.02 Å². The highest BCUT2D eigenvalue weighted by molar-refractivity contribution is 6.33. The van der Waals surface area contributed by atoms with Gasteiger partial charge >= 0.3 is 6.18 Å². The number of ether oxygens (including phenoxy) is 1. The Kier molecular flexibility index (Phi) is 5.49. The Morgan fingerprint density at radius 3 is 2.38 bits per heavy atom. The maximum Gasteiger partial charge on any atom is 0.403 e. The van der Waals surface area contributed by atoms with Gasteiger partial charge in [-0.15, -0.1) is 0 Å². The number of piperazine rings is 1. The van der Waals surface area contributed by atoms with Crippen LogP contribution in [-0.2, 0) is 0 Å². The monoisotopic (exact) mass is 365 g/mol. The van der Waals surface area contributed by atoms with Crippen molar-refractivity contribution in [2.45, 2.75) is 19.1 Å². The normalized spacial score (nSPS) is 17.7. The number of hydrogen-bond donors (Lipinski definition) is 1. The lowest BCUT2D eigenvalue weighted by atomic mass is 10.1. The molecule has 1 aromatic carbocycles. The van der Waals surface area contributed by atoms with Crippen LogP contribution >= 0.6 is 11.6 Å². The molecule has 0 aromatic heterocycles. The molecule has 0 saturated carbocycles. The minimum atomic E-state index is -4.28. The van der Waals surface area contributed by atoms with Crippen LogP contribution in [0.4, 0.5) is 18.9 Å². The van der Waals surface area contributed by atoms with Gasteiger partial charge in [-0.2, -0.15) is 13.2 Å². The first-order valence-electron chi connectivity index (χ1n) is 7.38. The van der Waals surface area contributed by atoms with E-state index in [1.165, 1.54) is 29.0 Å². The lowest BCUT2D eigenvalue weighted by Crippen LogP contribution is -2.54. The largest absolute Gasteiger partial charge is 0.496 e. The molecule has 0 bridgehead atoms. The Hall–Kier alpha value is -1.67. The van der Waals surface area contributed by atoms with Gasteiger partial charge in [0.15, 0.2) is 0 Å². The Morgan fingerprint density at radius 1 is 1.29 bits per heavy atom. The number of nitrogens with zero attached hydrogens (tertiary/aromatic N) is 2. The number of carbonyl (C=O) groups excluding carboxylic acids is 1. The van der Waals surface area contributed by atoms with Crippen molar-refractivity contribution in [3.8, 4) is 5.75 Å². The molecule has 1 heterocycles. The number of hydrogen-bond acceptors (Lipinski definition) is 4. The van der Waals surface area contributed by atoms with Gasteiger partial charge in [-0.3, -0.25) is 9.69 Å². The summed E-state index contributed by atoms with van der Waals surface area (Å²) in [6.45, 7) is 1.82. The molecule has 1 aromatic rings. The second kappa shape index (κ2) is 7.06. The number of methoxy groups -OCH3 is 1. The van der Waals surface area contributed by atoms with Crippen molar-refractivity contribution in [1.29, 1.82) is 0 Å². The van der Waals surface area contributed by atoms with Crippen molar-refractivity contribution in [3.05, 3.63) is 22.7 Å². The van der Waals surface area contributed by atoms with E-state index in [1.807, 2.05) is 0 Å². The van der Waals surface area contributed by atoms with Crippen molar-refractivity contribution in [2.24, 2.45) is 0 Å². The molecule has 1 aliphatic heterocycles. The predicted molar refractivity (Wildman–Crippen MR) is 85.4 cm³/mol. The molecule has 1 saturated heterocycles. The SMILES string of the molecule is COc1cc(N)c(Cl)cc1C(=O)N1CCN(C(C)C(F)(F)F)CC1. The Balaban J connectivity index is 2.10. The van der Waals surface area contributed by atoms with Crippen LogP contribution in [0, 0.1) is 0 Å². The van der Waals surface area contributed by atoms with Crippen LogP contribution in [-0.4, -0.2) is 61.2 Å². The fourth-order valence-corrected chi connectivity index (χ4v) is 2.76. The molecule has 9 heteroatoms. The molecule has 0 aliphatic carbocycles. The number of rotatable bonds is 3. The maximum absolute atomic E-state index is 12.8. The van der Waals surface area contributed by atoms with Gasteiger partial charge in [-0.25, -0.2) is 0 Å². The van der Waals surface area contributed by atoms with E-state index in [0.29, 0.717) is 0 Å². The number of amides is 1. The standard InChI is InChI=1S/C15H19ClF3N3O2/c1-9(15(17,18)19)21-3-5-22(6-4-21)14(23)10-7-11(16)12(20)8-13(10)24-2/h7-9H,3-6,20H2,1-2H3. The van der Waals surface area contributed by atoms with Gasteiger partial charge in [0.2, 0.25) is 0 Å². The Morgan fingerprint density at radius 2 is 1.88 bits per heavy atom. The van der Waals surface area contributed by atoms with Gasteiger partial charge < -0.3 is 15.4 Å². The fraction of sp³-hybridized carbons (Fsp3) is 0.533. The summed E-state index contributed by atoms with van der Waals surface area (Å²) in [4.78, 5) is 15.4. The smallest absolute Gasteiger partial charge is 0.403 e. The van der Waals surface area contributed by atoms with Crippen molar-refractivity contribution >= 4 is 23.2 Å². The summed E-state index contributed by atoms with van der Waals surface area (Å²) in [6, 6.07) is 1.34. The third-order valence-electron chi connectivity index (χ3n) is 4.17. The Labute approximate surface area is 143 Å². The zero-order chi connectivity index (χ0) is 18.1. The number of benzene rings is 1. The van der Waals surface area contributed by atoms with Crippen LogP contribution in [0.15, 0.2) is 12.1 Å². The second-order valence-corrected chi connectivity index (χ2v) is 6.03. The van der Waals surface area contributed by atoms with Gasteiger partial charge in [-0.1, -0.05) is 11.6 Å². The minimum Gasteiger partial charge on any atom is -0.496 e. The average molecular weight is 366 g/mol. The van der Waals surface area contributed by atoms with E-state index in [2.05, 4.69) is 0 Å². The third kappa shape index (κ3) is 3.87. The topological polar surface area (TPSA) is 58.8 Å². The summed E-state index contributed by atoms with van der Waals surface area (Å²) < 4.78 is 43.5. The molecule has 2 N–H and O–H groups in total. The van der Waals surface area contributed by atoms with Crippen molar-refractivity contribution < 1.29 is 22.7 Å². The van der Waals surface area contributed by atoms with Gasteiger partial charge in [0, 0.05) is 32.2 Å². The minimum absolute atomic E-state index is 0.150. The highest BCUT2D eigenvalue weighted by atomic mass is 35.5. The molecule has 24 heavy (non-hydrogen) atoms. The number of nitrogens with two attached hydrogens (primary N) is 1. The van der Waals surface area contributed by atoms with E-state index >= 15 is 0 Å². The Bertz CT molecular complexity index is 617. The molecular formula is C15H19ClF3N3O2. The third-order valence-corrected chi connectivity index (χ3v) is 4.50. The summed E-state index contributed by atoms with van der Waals surface area (Å²) in [5.74, 6) is -0.0546. The van der Waals surface area contributed by atoms with Gasteiger partial charge in [0.05, 0.1) is 23.4 Å². The molecule has 1 atom stereocenters. The molecule has 1 unspecified atom stereocenters. The number of halogens is 4. The second-order valence-electron chi connectivity index (χ2n) is 5.62. The summed E-state index contributed by atoms with van der Waals surface area (Å²) >= 11 is 5.96. The predicted octanol–water partition coefficient (Wildman–Crippen LogP) is 2.64. The zero-order valence-electron chi connectivity index (χ0n) is 13.4. The van der Waals surface area contributed by atoms with E-state index in [1.54, 1.807) is 0 Å². The van der Waals surface area contributed by atoms with Gasteiger partial charge in [0.1, 0.15) is 11.8 Å². The number of nitrogen functional groups attached to an aromatic ring is 1. The van der Waals surface area contributed by atoms with E-state index in [-0.39, 0.29) is 54.1 Å². The molecule has 1 amide bonds. The highest BCUT2D eigenvalue weighted by Gasteiger charge is 2.41. The van der Waals surface area contributed by atoms with E-state index < -0.39 is 12.2 Å². The van der Waals surface area contributed by atoms with Crippen molar-refractivity contribution in [1.82, 2.24) is 9.80 Å². The first kappa shape index (κ1) is 18.7. The molecule has 5 nitrogen and oxygen atoms in total. The quantitative estimate of drug-likeness (QED) is 0.837. The number of alkyl halides is 3. The number of anilines is 1. The molecule has 0 spiro atoms. The van der Waals surface area contributed by atoms with E-state index in [0.717, 1.165) is 6.92 Å². The molecule has 2 rings (SSSR count). The maximum atomic E-state index is 12.8. The van der Waals surface area contributed by atoms with Crippen LogP contribution < -0.4 is 10.5 Å². The van der Waals surface area contributed by atoms with Crippen LogP contribution in [0.3, 0.4) is 0 Å². The van der Waals surface area contributed by atoms with E-state index in [4.69, 9.17) is 22.1 Å². The van der Waals surface area contributed by atoms with Gasteiger partial charge in [-0.05, 0) is 13.0 Å². The van der Waals surface area contributed by atoms with Crippen molar-refractivity contribution in [3.63, 3.8) is 0 Å². The molecular weight excluding hydrogens is 347 g/mol. The molecule has 1 fully saturated rings. The van der Waals surface area contributed by atoms with Gasteiger partial charge in [0.25, 0.3) is 5.91 Å². The van der Waals surface area contributed by atoms with Crippen LogP contribution in [0.25, 0.3) is 0 Å². The zero-order valence-corrected chi connectivity index (χ0v) is 14.1. The van der Waals surface area contributed by atoms with E-state index in [9.17, 15) is 18.0 Å². The lowest BCUT2D eigenvalue weighted by Gasteiger charge is -2.38.